The van der Waals surface area contributed by atoms with E-state index in [0.29, 0.717) is 5.39 Å². The van der Waals surface area contributed by atoms with Crippen LogP contribution in [-0.4, -0.2) is 21.5 Å². The van der Waals surface area contributed by atoms with E-state index in [4.69, 9.17) is 4.18 Å². The van der Waals surface area contributed by atoms with Crippen LogP contribution < -0.4 is 4.18 Å². The van der Waals surface area contributed by atoms with Gasteiger partial charge in [-0.15, -0.1) is 0 Å². The Bertz CT molecular complexity index is 682. The summed E-state index contributed by atoms with van der Waals surface area (Å²) in [5.74, 6) is -0.103. The monoisotopic (exact) mass is 280 g/mol. The minimum atomic E-state index is -2.97. The average molecular weight is 280 g/mol. The van der Waals surface area contributed by atoms with Crippen molar-refractivity contribution in [1.29, 1.82) is 0 Å². The molecule has 0 fully saturated rings. The Balaban J connectivity index is 2.54. The van der Waals surface area contributed by atoms with Crippen molar-refractivity contribution in [2.75, 3.05) is 7.11 Å². The second-order valence-corrected chi connectivity index (χ2v) is 4.47. The number of benzene rings is 2. The Morgan fingerprint density at radius 2 is 1.79 bits per heavy atom. The van der Waals surface area contributed by atoms with Gasteiger partial charge in [-0.3, -0.25) is 4.79 Å². The number of fused-ring (bicyclic) bond motifs is 1. The minimum Gasteiger partial charge on any atom is -0.469 e. The van der Waals surface area contributed by atoms with Crippen LogP contribution in [0.4, 0.5) is 0 Å². The molecule has 100 valence electrons. The lowest BCUT2D eigenvalue weighted by Gasteiger charge is -2.08. The molecule has 2 rings (SSSR count). The first kappa shape index (κ1) is 13.4. The maximum absolute atomic E-state index is 11.3. The van der Waals surface area contributed by atoms with E-state index in [1.807, 2.05) is 6.07 Å². The molecule has 0 radical (unpaired) electrons. The van der Waals surface area contributed by atoms with Gasteiger partial charge in [-0.25, -0.2) is 0 Å². The van der Waals surface area contributed by atoms with Crippen LogP contribution in [0.1, 0.15) is 5.56 Å². The lowest BCUT2D eigenvalue weighted by molar-refractivity contribution is -0.139. The lowest BCUT2D eigenvalue weighted by atomic mass is 10.0. The Morgan fingerprint density at radius 3 is 2.42 bits per heavy atom. The van der Waals surface area contributed by atoms with Gasteiger partial charge in [-0.05, 0) is 17.0 Å². The highest BCUT2D eigenvalue weighted by Crippen LogP contribution is 2.29. The Kier molecular flexibility index (Phi) is 4.01. The quantitative estimate of drug-likeness (QED) is 0.678. The molecular weight excluding hydrogens is 268 g/mol. The maximum Gasteiger partial charge on any atom is 0.309 e. The number of esters is 1. The molecule has 0 saturated carbocycles. The molecule has 0 unspecified atom stereocenters. The number of hydrogen-bond donors (Lipinski definition) is 1. The fraction of sp³-hybridized carbons (Fsp3) is 0.154. The highest BCUT2D eigenvalue weighted by molar-refractivity contribution is 7.67. The molecule has 0 spiro atoms. The SMILES string of the molecule is COC(=O)Cc1ccc(O[SH](=O)=O)c2ccccc12. The zero-order valence-corrected chi connectivity index (χ0v) is 11.1. The van der Waals surface area contributed by atoms with Gasteiger partial charge in [-0.2, -0.15) is 8.42 Å². The number of thiol groups is 1. The first-order valence-electron chi connectivity index (χ1n) is 5.51. The third kappa shape index (κ3) is 3.03. The van der Waals surface area contributed by atoms with Crippen molar-refractivity contribution in [3.63, 3.8) is 0 Å². The first-order valence-corrected chi connectivity index (χ1v) is 6.61. The standard InChI is InChI=1S/C13H12O5S/c1-17-13(14)8-9-6-7-12(18-19(15)16)11-5-3-2-4-10(9)11/h2-7,19H,8H2,1H3. The fourth-order valence-electron chi connectivity index (χ4n) is 1.88. The topological polar surface area (TPSA) is 69.7 Å². The molecule has 0 bridgehead atoms. The molecule has 0 atom stereocenters. The van der Waals surface area contributed by atoms with Crippen LogP contribution in [0.5, 0.6) is 5.75 Å². The largest absolute Gasteiger partial charge is 0.469 e. The average Bonchev–Trinajstić information content (AvgIpc) is 2.41. The predicted octanol–water partition coefficient (Wildman–Crippen LogP) is 1.46. The van der Waals surface area contributed by atoms with Crippen LogP contribution >= 0.6 is 0 Å². The van der Waals surface area contributed by atoms with Gasteiger partial charge in [0.2, 0.25) is 0 Å². The smallest absolute Gasteiger partial charge is 0.309 e. The molecular formula is C13H12O5S. The van der Waals surface area contributed by atoms with Crippen LogP contribution in [0.3, 0.4) is 0 Å². The van der Waals surface area contributed by atoms with Crippen molar-refractivity contribution in [3.05, 3.63) is 42.0 Å². The van der Waals surface area contributed by atoms with E-state index >= 15 is 0 Å². The molecule has 0 aliphatic carbocycles. The number of carbonyl (C=O) groups excluding carboxylic acids is 1. The van der Waals surface area contributed by atoms with Crippen LogP contribution in [0.15, 0.2) is 36.4 Å². The van der Waals surface area contributed by atoms with Crippen LogP contribution in [0.25, 0.3) is 10.8 Å². The second-order valence-electron chi connectivity index (χ2n) is 3.84. The van der Waals surface area contributed by atoms with Gasteiger partial charge in [-0.1, -0.05) is 30.3 Å². The third-order valence-electron chi connectivity index (χ3n) is 2.71. The summed E-state index contributed by atoms with van der Waals surface area (Å²) in [6.45, 7) is 0. The lowest BCUT2D eigenvalue weighted by Crippen LogP contribution is -2.05. The number of methoxy groups -OCH3 is 1. The van der Waals surface area contributed by atoms with Crippen LogP contribution in [0.2, 0.25) is 0 Å². The Hall–Kier alpha value is -2.08. The summed E-state index contributed by atoms with van der Waals surface area (Å²) >= 11 is 0. The number of hydrogen-bond acceptors (Lipinski definition) is 5. The van der Waals surface area contributed by atoms with Crippen LogP contribution in [0, 0.1) is 0 Å². The zero-order chi connectivity index (χ0) is 13.8. The zero-order valence-electron chi connectivity index (χ0n) is 10.2. The molecule has 0 amide bonds. The van der Waals surface area contributed by atoms with Crippen molar-refractivity contribution in [2.45, 2.75) is 6.42 Å². The summed E-state index contributed by atoms with van der Waals surface area (Å²) in [6, 6.07) is 10.3. The number of ether oxygens (including phenoxy) is 1. The van der Waals surface area contributed by atoms with Gasteiger partial charge < -0.3 is 8.92 Å². The Labute approximate surface area is 111 Å². The summed E-state index contributed by atoms with van der Waals surface area (Å²) in [5, 5.41) is 1.41. The van der Waals surface area contributed by atoms with E-state index in [0.717, 1.165) is 10.9 Å². The molecule has 0 aliphatic heterocycles. The molecule has 0 heterocycles. The molecule has 0 aliphatic rings. The van der Waals surface area contributed by atoms with Crippen molar-refractivity contribution >= 4 is 27.7 Å². The summed E-state index contributed by atoms with van der Waals surface area (Å²) < 4.78 is 30.7. The minimum absolute atomic E-state index is 0.126. The second kappa shape index (κ2) is 5.71. The molecule has 2 aromatic rings. The van der Waals surface area contributed by atoms with E-state index in [1.165, 1.54) is 13.2 Å². The fourth-order valence-corrected chi connectivity index (χ4v) is 2.20. The van der Waals surface area contributed by atoms with E-state index in [1.54, 1.807) is 24.3 Å². The summed E-state index contributed by atoms with van der Waals surface area (Å²) in [5.41, 5.74) is 0.760. The summed E-state index contributed by atoms with van der Waals surface area (Å²) in [4.78, 5) is 11.3. The molecule has 0 saturated heterocycles. The molecule has 19 heavy (non-hydrogen) atoms. The van der Waals surface area contributed by atoms with Crippen molar-refractivity contribution in [3.8, 4) is 5.75 Å². The van der Waals surface area contributed by atoms with Gasteiger partial charge >= 0.3 is 5.97 Å². The maximum atomic E-state index is 11.3. The van der Waals surface area contributed by atoms with E-state index in [9.17, 15) is 13.2 Å². The number of carbonyl (C=O) groups is 1. The van der Waals surface area contributed by atoms with E-state index in [2.05, 4.69) is 4.74 Å². The van der Waals surface area contributed by atoms with Crippen LogP contribution in [-0.2, 0) is 26.9 Å². The van der Waals surface area contributed by atoms with Gasteiger partial charge in [0.15, 0.2) is 0 Å². The van der Waals surface area contributed by atoms with E-state index < -0.39 is 11.0 Å². The number of rotatable bonds is 4. The molecule has 5 nitrogen and oxygen atoms in total. The van der Waals surface area contributed by atoms with Crippen molar-refractivity contribution in [2.24, 2.45) is 0 Å². The third-order valence-corrected chi connectivity index (χ3v) is 3.06. The summed E-state index contributed by atoms with van der Waals surface area (Å²) in [6.07, 6.45) is 0.126. The highest BCUT2D eigenvalue weighted by Gasteiger charge is 2.10. The Morgan fingerprint density at radius 1 is 1.11 bits per heavy atom. The van der Waals surface area contributed by atoms with Crippen molar-refractivity contribution in [1.82, 2.24) is 0 Å². The van der Waals surface area contributed by atoms with Crippen molar-refractivity contribution < 1.29 is 22.1 Å². The van der Waals surface area contributed by atoms with Gasteiger partial charge in [0.05, 0.1) is 13.5 Å². The molecule has 0 aromatic heterocycles. The molecule has 2 aromatic carbocycles. The molecule has 6 heteroatoms. The predicted molar refractivity (Wildman–Crippen MR) is 70.6 cm³/mol. The normalized spacial score (nSPS) is 10.6. The highest BCUT2D eigenvalue weighted by atomic mass is 32.2. The van der Waals surface area contributed by atoms with Gasteiger partial charge in [0, 0.05) is 5.39 Å². The van der Waals surface area contributed by atoms with Gasteiger partial charge in [0.25, 0.3) is 11.0 Å². The van der Waals surface area contributed by atoms with E-state index in [-0.39, 0.29) is 18.1 Å². The van der Waals surface area contributed by atoms with Gasteiger partial charge in [0.1, 0.15) is 5.75 Å². The summed E-state index contributed by atoms with van der Waals surface area (Å²) in [7, 11) is -1.65. The molecule has 0 N–H and O–H groups in total. The first-order chi connectivity index (χ1) is 9.11.